The van der Waals surface area contributed by atoms with Gasteiger partial charge in [0.1, 0.15) is 45.2 Å². The molecular formula is C58H66N24O4. The van der Waals surface area contributed by atoms with Crippen LogP contribution in [-0.4, -0.2) is 147 Å². The van der Waals surface area contributed by atoms with E-state index >= 15 is 0 Å². The monoisotopic (exact) mass is 1160 g/mol. The van der Waals surface area contributed by atoms with Crippen LogP contribution in [0.4, 0.5) is 29.5 Å². The first-order chi connectivity index (χ1) is 41.4. The van der Waals surface area contributed by atoms with Crippen molar-refractivity contribution in [2.24, 2.45) is 17.8 Å². The second-order valence-corrected chi connectivity index (χ2v) is 25.1. The van der Waals surface area contributed by atoms with E-state index in [2.05, 4.69) is 73.3 Å². The van der Waals surface area contributed by atoms with E-state index < -0.39 is 22.2 Å². The summed E-state index contributed by atoms with van der Waals surface area (Å²) in [6, 6.07) is 3.05. The Morgan fingerprint density at radius 2 is 0.919 bits per heavy atom. The van der Waals surface area contributed by atoms with Crippen LogP contribution in [0.2, 0.25) is 0 Å². The highest BCUT2D eigenvalue weighted by Crippen LogP contribution is 2.48. The van der Waals surface area contributed by atoms with Crippen molar-refractivity contribution in [2.75, 3.05) is 79.7 Å². The lowest BCUT2D eigenvalue weighted by Crippen LogP contribution is -2.34. The number of imidazole rings is 3. The fourth-order valence-electron chi connectivity index (χ4n) is 13.4. The third-order valence-electron chi connectivity index (χ3n) is 18.3. The number of rotatable bonds is 6. The summed E-state index contributed by atoms with van der Waals surface area (Å²) in [5.74, 6) is 8.56. The molecule has 18 rings (SSSR count). The van der Waals surface area contributed by atoms with Gasteiger partial charge in [0.05, 0.1) is 61.5 Å². The molecule has 6 N–H and O–H groups in total. The SMILES string of the molecule is CC1(C)OCCn2c1nc1c(C3(C#N)CCC3)nc(-c3cnc(N)nc3)nc12.CC1(C)OCCn2c1nc1c(N3CC4CC3C4)nc(-c3cnc(N)nc3)nc12.CC1(C)OCCn2c1nc1c(N3CC4COCC4C3)nc(-c3cnc(N)nc3)nc12. The first kappa shape index (κ1) is 53.9. The summed E-state index contributed by atoms with van der Waals surface area (Å²) < 4.78 is 29.9. The average Bonchev–Trinajstić information content (AvgIpc) is 1.59. The van der Waals surface area contributed by atoms with Gasteiger partial charge in [-0.1, -0.05) is 0 Å². The van der Waals surface area contributed by atoms with Crippen LogP contribution in [0, 0.1) is 29.1 Å². The van der Waals surface area contributed by atoms with Crippen LogP contribution >= 0.6 is 0 Å². The van der Waals surface area contributed by atoms with Gasteiger partial charge in [-0.25, -0.2) is 74.8 Å². The van der Waals surface area contributed by atoms with E-state index in [9.17, 15) is 5.26 Å². The van der Waals surface area contributed by atoms with Crippen molar-refractivity contribution < 1.29 is 18.9 Å². The van der Waals surface area contributed by atoms with Crippen molar-refractivity contribution in [3.63, 3.8) is 0 Å². The van der Waals surface area contributed by atoms with Gasteiger partial charge in [0, 0.05) is 94.3 Å². The van der Waals surface area contributed by atoms with Gasteiger partial charge < -0.3 is 59.6 Å². The molecule has 6 fully saturated rings. The number of nitrogens with zero attached hydrogens (tertiary/aromatic N) is 21. The van der Waals surface area contributed by atoms with Gasteiger partial charge in [0.25, 0.3) is 0 Å². The molecule has 0 radical (unpaired) electrons. The Hall–Kier alpha value is -8.78. The Morgan fingerprint density at radius 1 is 0.512 bits per heavy atom. The minimum absolute atomic E-state index is 0.193. The van der Waals surface area contributed by atoms with Crippen LogP contribution in [0.25, 0.3) is 67.7 Å². The highest BCUT2D eigenvalue weighted by atomic mass is 16.5. The largest absolute Gasteiger partial charge is 0.381 e. The Morgan fingerprint density at radius 3 is 1.33 bits per heavy atom. The van der Waals surface area contributed by atoms with Crippen LogP contribution in [0.3, 0.4) is 0 Å². The minimum atomic E-state index is -0.625. The first-order valence-electron chi connectivity index (χ1n) is 29.5. The predicted molar refractivity (Wildman–Crippen MR) is 314 cm³/mol. The quantitative estimate of drug-likeness (QED) is 0.197. The first-order valence-corrected chi connectivity index (χ1v) is 29.5. The van der Waals surface area contributed by atoms with E-state index in [1.807, 2.05) is 27.7 Å². The van der Waals surface area contributed by atoms with Crippen LogP contribution in [0.15, 0.2) is 37.2 Å². The van der Waals surface area contributed by atoms with Gasteiger partial charge in [0.2, 0.25) is 17.8 Å². The lowest BCUT2D eigenvalue weighted by atomic mass is 9.67. The molecule has 7 aliphatic heterocycles. The maximum Gasteiger partial charge on any atom is 0.219 e. The molecule has 16 heterocycles. The highest BCUT2D eigenvalue weighted by molar-refractivity contribution is 5.88. The smallest absolute Gasteiger partial charge is 0.219 e. The summed E-state index contributed by atoms with van der Waals surface area (Å²) in [6.07, 6.45) is 14.9. The van der Waals surface area contributed by atoms with Gasteiger partial charge in [0.15, 0.2) is 57.1 Å². The Bertz CT molecular complexity index is 4170. The number of ether oxygens (including phenoxy) is 4. The molecule has 2 bridgehead atoms. The summed E-state index contributed by atoms with van der Waals surface area (Å²) in [5, 5.41) is 9.94. The summed E-state index contributed by atoms with van der Waals surface area (Å²) >= 11 is 0. The summed E-state index contributed by atoms with van der Waals surface area (Å²) in [5.41, 5.74) is 22.5. The van der Waals surface area contributed by atoms with E-state index in [1.165, 1.54) is 12.8 Å². The molecule has 9 aliphatic rings. The van der Waals surface area contributed by atoms with Crippen molar-refractivity contribution in [2.45, 2.75) is 122 Å². The van der Waals surface area contributed by atoms with Crippen LogP contribution in [0.1, 0.15) is 96.8 Å². The fraction of sp³-hybridized carbons (Fsp3) is 0.517. The maximum absolute atomic E-state index is 9.94. The lowest BCUT2D eigenvalue weighted by molar-refractivity contribution is -0.0532. The average molecular weight is 1160 g/mol. The molecule has 2 unspecified atom stereocenters. The molecule has 86 heavy (non-hydrogen) atoms. The Labute approximate surface area is 493 Å². The zero-order valence-corrected chi connectivity index (χ0v) is 48.8. The zero-order chi connectivity index (χ0) is 59.0. The number of nitrogen functional groups attached to an aromatic ring is 3. The van der Waals surface area contributed by atoms with Gasteiger partial charge in [-0.05, 0) is 79.6 Å². The lowest BCUT2D eigenvalue weighted by Gasteiger charge is -2.34. The van der Waals surface area contributed by atoms with Crippen molar-refractivity contribution >= 4 is 63.0 Å². The molecule has 442 valence electrons. The third-order valence-corrected chi connectivity index (χ3v) is 18.3. The van der Waals surface area contributed by atoms with E-state index in [4.69, 9.17) is 81.0 Å². The van der Waals surface area contributed by atoms with Crippen molar-refractivity contribution in [3.8, 4) is 40.2 Å². The number of hydrogen-bond acceptors (Lipinski definition) is 25. The third kappa shape index (κ3) is 8.95. The van der Waals surface area contributed by atoms with Gasteiger partial charge in [-0.15, -0.1) is 0 Å². The highest BCUT2D eigenvalue weighted by Gasteiger charge is 2.47. The standard InChI is InChI=1S/C20H24N8O2.C19H22N8O.C19H20N8O/c1-20(2)18-24-14-16(27-7-12-9-29-10-13(12)8-27)25-15(11-5-22-19(21)23-6-11)26-17(14)28(18)3-4-30-20;1-19(2)17-23-13-15(26(17)3-4-28-19)24-14(11-7-21-18(20)22-8-11)25-16(13)27-9-10-5-12(27)6-10;1-18(2)16-24-12-13(19(10-20)4-3-5-19)25-14(11-8-22-17(21)23-9-11)26-15(12)27(16)6-7-28-18/h5-6,12-13H,3-4,7-10H2,1-2H3,(H2,21,22,23);7-8,10,12H,3-6,9H2,1-2H3,(H2,20,21,22);8-9H,3-7H2,1-2H3,(H2,21,22,23). The molecule has 9 aromatic rings. The summed E-state index contributed by atoms with van der Waals surface area (Å²) in [6.45, 7) is 20.6. The number of hydrogen-bond donors (Lipinski definition) is 3. The molecule has 9 aromatic heterocycles. The molecule has 28 nitrogen and oxygen atoms in total. The molecule has 2 atom stereocenters. The summed E-state index contributed by atoms with van der Waals surface area (Å²) in [4.78, 5) is 73.3. The van der Waals surface area contributed by atoms with Gasteiger partial charge in [-0.2, -0.15) is 5.26 Å². The van der Waals surface area contributed by atoms with Crippen molar-refractivity contribution in [3.05, 3.63) is 60.3 Å². The van der Waals surface area contributed by atoms with E-state index in [1.54, 1.807) is 37.2 Å². The summed E-state index contributed by atoms with van der Waals surface area (Å²) in [7, 11) is 0. The number of aromatic nitrogens is 18. The van der Waals surface area contributed by atoms with Crippen molar-refractivity contribution in [1.82, 2.24) is 88.5 Å². The Kier molecular flexibility index (Phi) is 12.5. The molecule has 0 amide bonds. The fourth-order valence-corrected chi connectivity index (χ4v) is 13.4. The molecule has 0 spiro atoms. The van der Waals surface area contributed by atoms with E-state index in [0.717, 1.165) is 133 Å². The zero-order valence-electron chi connectivity index (χ0n) is 48.8. The second kappa shape index (κ2) is 19.9. The molecule has 4 saturated heterocycles. The molecular weight excluding hydrogens is 1100 g/mol. The normalized spacial score (nSPS) is 23.2. The second-order valence-electron chi connectivity index (χ2n) is 25.1. The van der Waals surface area contributed by atoms with Gasteiger partial charge in [-0.3, -0.25) is 0 Å². The topological polar surface area (TPSA) is 353 Å². The van der Waals surface area contributed by atoms with Crippen LogP contribution in [0.5, 0.6) is 0 Å². The number of nitrogens with two attached hydrogens (primary N) is 3. The Balaban J connectivity index is 0.000000109. The molecule has 2 saturated carbocycles. The molecule has 2 aliphatic carbocycles. The van der Waals surface area contributed by atoms with Crippen LogP contribution in [-0.2, 0) is 60.8 Å². The number of fused-ring (bicyclic) bond motifs is 11. The predicted octanol–water partition coefficient (Wildman–Crippen LogP) is 5.02. The number of anilines is 5. The minimum Gasteiger partial charge on any atom is -0.381 e. The van der Waals surface area contributed by atoms with E-state index in [-0.39, 0.29) is 17.8 Å². The van der Waals surface area contributed by atoms with Gasteiger partial charge >= 0.3 is 0 Å². The number of nitriles is 1. The maximum atomic E-state index is 9.94. The molecule has 28 heteroatoms. The van der Waals surface area contributed by atoms with Crippen molar-refractivity contribution in [1.29, 1.82) is 5.26 Å². The molecule has 0 aromatic carbocycles. The van der Waals surface area contributed by atoms with Crippen LogP contribution < -0.4 is 27.0 Å². The van der Waals surface area contributed by atoms with E-state index in [0.29, 0.717) is 85.0 Å².